The minimum absolute atomic E-state index is 0.105. The Morgan fingerprint density at radius 2 is 1.91 bits per heavy atom. The first-order chi connectivity index (χ1) is 10.5. The molecule has 3 rings (SSSR count). The standard InChI is InChI=1S/C15H17N5OS/c1-9(2)22-14-18-12(16)11-13(19-14)20(15(21)17-11)8-10-6-4-3-5-7-10/h3-7,9H,8H2,1-2H3,(H,17,21)(H2,16,18,19). The Hall–Kier alpha value is -2.28. The maximum atomic E-state index is 10.1. The zero-order valence-electron chi connectivity index (χ0n) is 12.4. The molecule has 3 aromatic rings. The molecule has 6 nitrogen and oxygen atoms in total. The third kappa shape index (κ3) is 2.85. The monoisotopic (exact) mass is 315 g/mol. The summed E-state index contributed by atoms with van der Waals surface area (Å²) in [6.07, 6.45) is 0. The number of nitrogens with two attached hydrogens (primary N) is 1. The molecule has 2 heterocycles. The fourth-order valence-electron chi connectivity index (χ4n) is 2.16. The molecule has 0 aliphatic heterocycles. The predicted octanol–water partition coefficient (Wildman–Crippen LogP) is 2.66. The largest absolute Gasteiger partial charge is 0.480 e. The zero-order valence-corrected chi connectivity index (χ0v) is 13.2. The van der Waals surface area contributed by atoms with Crippen LogP contribution in [0.15, 0.2) is 35.5 Å². The summed E-state index contributed by atoms with van der Waals surface area (Å²) >= 11 is 1.53. The third-order valence-electron chi connectivity index (χ3n) is 3.11. The summed E-state index contributed by atoms with van der Waals surface area (Å²) in [5.74, 6) is 0.287. The minimum atomic E-state index is -0.105. The van der Waals surface area contributed by atoms with Gasteiger partial charge in [-0.15, -0.1) is 0 Å². The second-order valence-electron chi connectivity index (χ2n) is 5.21. The molecule has 0 radical (unpaired) electrons. The van der Waals surface area contributed by atoms with E-state index in [2.05, 4.69) is 28.8 Å². The summed E-state index contributed by atoms with van der Waals surface area (Å²) in [5.41, 5.74) is 7.99. The first-order valence-corrected chi connectivity index (χ1v) is 7.86. The lowest BCUT2D eigenvalue weighted by Crippen LogP contribution is -2.03. The number of benzene rings is 1. The van der Waals surface area contributed by atoms with Gasteiger partial charge in [-0.1, -0.05) is 55.9 Å². The number of hydrogen-bond donors (Lipinski definition) is 2. The van der Waals surface area contributed by atoms with Gasteiger partial charge >= 0.3 is 0 Å². The number of aromatic hydroxyl groups is 1. The number of aromatic nitrogens is 4. The molecule has 0 aliphatic carbocycles. The van der Waals surface area contributed by atoms with Crippen LogP contribution in [0.2, 0.25) is 0 Å². The number of nitrogen functional groups attached to an aromatic ring is 1. The molecule has 0 spiro atoms. The minimum Gasteiger partial charge on any atom is -0.480 e. The zero-order chi connectivity index (χ0) is 15.7. The third-order valence-corrected chi connectivity index (χ3v) is 3.97. The summed E-state index contributed by atoms with van der Waals surface area (Å²) in [4.78, 5) is 12.8. The quantitative estimate of drug-likeness (QED) is 0.568. The second-order valence-corrected chi connectivity index (χ2v) is 6.76. The molecule has 0 saturated heterocycles. The van der Waals surface area contributed by atoms with Gasteiger partial charge < -0.3 is 10.8 Å². The van der Waals surface area contributed by atoms with Crippen molar-refractivity contribution < 1.29 is 5.11 Å². The van der Waals surface area contributed by atoms with E-state index in [1.807, 2.05) is 30.3 Å². The molecule has 0 unspecified atom stereocenters. The lowest BCUT2D eigenvalue weighted by Gasteiger charge is -2.07. The summed E-state index contributed by atoms with van der Waals surface area (Å²) in [5, 5.41) is 11.0. The van der Waals surface area contributed by atoms with Crippen molar-refractivity contribution in [3.63, 3.8) is 0 Å². The average molecular weight is 315 g/mol. The van der Waals surface area contributed by atoms with Crippen LogP contribution >= 0.6 is 11.8 Å². The van der Waals surface area contributed by atoms with E-state index in [0.717, 1.165) is 5.56 Å². The maximum Gasteiger partial charge on any atom is 0.296 e. The highest BCUT2D eigenvalue weighted by Crippen LogP contribution is 2.27. The second kappa shape index (κ2) is 5.84. The first-order valence-electron chi connectivity index (χ1n) is 6.98. The lowest BCUT2D eigenvalue weighted by atomic mass is 10.2. The molecule has 22 heavy (non-hydrogen) atoms. The number of rotatable bonds is 4. The highest BCUT2D eigenvalue weighted by Gasteiger charge is 2.17. The molecule has 7 heteroatoms. The van der Waals surface area contributed by atoms with Gasteiger partial charge in [0.25, 0.3) is 6.01 Å². The average Bonchev–Trinajstić information content (AvgIpc) is 2.77. The highest BCUT2D eigenvalue weighted by atomic mass is 32.2. The molecular weight excluding hydrogens is 298 g/mol. The van der Waals surface area contributed by atoms with E-state index in [0.29, 0.717) is 28.1 Å². The van der Waals surface area contributed by atoms with Crippen molar-refractivity contribution in [3.8, 4) is 6.01 Å². The Labute approximate surface area is 132 Å². The molecule has 0 saturated carbocycles. The molecule has 0 fully saturated rings. The van der Waals surface area contributed by atoms with Crippen LogP contribution in [0.25, 0.3) is 11.2 Å². The van der Waals surface area contributed by atoms with Crippen LogP contribution in [0.5, 0.6) is 6.01 Å². The van der Waals surface area contributed by atoms with Crippen LogP contribution in [0.1, 0.15) is 19.4 Å². The number of thioether (sulfide) groups is 1. The predicted molar refractivity (Wildman–Crippen MR) is 87.9 cm³/mol. The molecule has 3 N–H and O–H groups in total. The summed E-state index contributed by atoms with van der Waals surface area (Å²) in [6, 6.07) is 9.72. The van der Waals surface area contributed by atoms with Gasteiger partial charge in [-0.25, -0.2) is 9.97 Å². The van der Waals surface area contributed by atoms with Gasteiger partial charge in [-0.2, -0.15) is 4.98 Å². The van der Waals surface area contributed by atoms with E-state index in [1.165, 1.54) is 11.8 Å². The van der Waals surface area contributed by atoms with Crippen molar-refractivity contribution in [2.75, 3.05) is 5.73 Å². The number of hydrogen-bond acceptors (Lipinski definition) is 6. The molecule has 1 aromatic carbocycles. The van der Waals surface area contributed by atoms with Crippen molar-refractivity contribution in [1.29, 1.82) is 0 Å². The molecule has 0 amide bonds. The van der Waals surface area contributed by atoms with Gasteiger partial charge in [-0.3, -0.25) is 4.57 Å². The van der Waals surface area contributed by atoms with E-state index in [1.54, 1.807) is 4.57 Å². The summed E-state index contributed by atoms with van der Waals surface area (Å²) in [6.45, 7) is 4.60. The molecule has 0 atom stereocenters. The van der Waals surface area contributed by atoms with Crippen molar-refractivity contribution >= 4 is 28.7 Å². The van der Waals surface area contributed by atoms with Crippen LogP contribution in [0.4, 0.5) is 5.82 Å². The summed E-state index contributed by atoms with van der Waals surface area (Å²) < 4.78 is 1.65. The summed E-state index contributed by atoms with van der Waals surface area (Å²) in [7, 11) is 0. The number of imidazole rings is 1. The van der Waals surface area contributed by atoms with E-state index < -0.39 is 0 Å². The molecule has 2 aromatic heterocycles. The normalized spacial score (nSPS) is 11.4. The Morgan fingerprint density at radius 1 is 1.18 bits per heavy atom. The Morgan fingerprint density at radius 3 is 2.59 bits per heavy atom. The van der Waals surface area contributed by atoms with Crippen LogP contribution in [-0.4, -0.2) is 29.9 Å². The Kier molecular flexibility index (Phi) is 3.89. The van der Waals surface area contributed by atoms with E-state index in [9.17, 15) is 5.11 Å². The van der Waals surface area contributed by atoms with Gasteiger partial charge in [0.05, 0.1) is 6.54 Å². The molecule has 0 aliphatic rings. The van der Waals surface area contributed by atoms with Crippen molar-refractivity contribution in [1.82, 2.24) is 19.5 Å². The van der Waals surface area contributed by atoms with E-state index >= 15 is 0 Å². The van der Waals surface area contributed by atoms with Crippen molar-refractivity contribution in [2.45, 2.75) is 30.8 Å². The molecule has 0 bridgehead atoms. The number of fused-ring (bicyclic) bond motifs is 1. The topological polar surface area (TPSA) is 89.9 Å². The fourth-order valence-corrected chi connectivity index (χ4v) is 2.88. The lowest BCUT2D eigenvalue weighted by molar-refractivity contribution is 0.408. The van der Waals surface area contributed by atoms with Gasteiger partial charge in [0.1, 0.15) is 0 Å². The Balaban J connectivity index is 2.09. The smallest absolute Gasteiger partial charge is 0.296 e. The first kappa shape index (κ1) is 14.6. The van der Waals surface area contributed by atoms with E-state index in [-0.39, 0.29) is 11.8 Å². The van der Waals surface area contributed by atoms with Gasteiger partial charge in [0, 0.05) is 5.25 Å². The number of anilines is 1. The van der Waals surface area contributed by atoms with Crippen molar-refractivity contribution in [3.05, 3.63) is 35.9 Å². The van der Waals surface area contributed by atoms with Crippen LogP contribution < -0.4 is 5.73 Å². The van der Waals surface area contributed by atoms with Crippen LogP contribution in [0.3, 0.4) is 0 Å². The van der Waals surface area contributed by atoms with Gasteiger partial charge in [0.15, 0.2) is 22.1 Å². The van der Waals surface area contributed by atoms with Crippen molar-refractivity contribution in [2.24, 2.45) is 0 Å². The maximum absolute atomic E-state index is 10.1. The molecular formula is C15H17N5OS. The molecule has 114 valence electrons. The van der Waals surface area contributed by atoms with Crippen LogP contribution in [0, 0.1) is 0 Å². The van der Waals surface area contributed by atoms with Crippen LogP contribution in [-0.2, 0) is 6.54 Å². The Bertz CT molecular complexity index is 801. The SMILES string of the molecule is CC(C)Sc1nc(N)c2nc(O)n(Cc3ccccc3)c2n1. The number of nitrogens with zero attached hydrogens (tertiary/aromatic N) is 4. The van der Waals surface area contributed by atoms with Gasteiger partial charge in [0.2, 0.25) is 0 Å². The van der Waals surface area contributed by atoms with Gasteiger partial charge in [-0.05, 0) is 5.56 Å². The van der Waals surface area contributed by atoms with E-state index in [4.69, 9.17) is 5.73 Å². The fraction of sp³-hybridized carbons (Fsp3) is 0.267. The highest BCUT2D eigenvalue weighted by molar-refractivity contribution is 7.99.